The van der Waals surface area contributed by atoms with Crippen LogP contribution in [0.5, 0.6) is 5.75 Å². The molecule has 2 aliphatic rings. The summed E-state index contributed by atoms with van der Waals surface area (Å²) < 4.78 is 6.49. The number of fused-ring (bicyclic) bond motifs is 1. The molecule has 0 radical (unpaired) electrons. The molecular weight excluding hydrogens is 258 g/mol. The second-order valence-electron chi connectivity index (χ2n) is 6.60. The summed E-state index contributed by atoms with van der Waals surface area (Å²) in [5.41, 5.74) is 0.381. The van der Waals surface area contributed by atoms with Gasteiger partial charge < -0.3 is 10.1 Å². The summed E-state index contributed by atoms with van der Waals surface area (Å²) in [4.78, 5) is 0. The van der Waals surface area contributed by atoms with E-state index in [4.69, 9.17) is 4.74 Å². The first-order chi connectivity index (χ1) is 10.3. The molecule has 21 heavy (non-hydrogen) atoms. The van der Waals surface area contributed by atoms with E-state index in [-0.39, 0.29) is 0 Å². The predicted molar refractivity (Wildman–Crippen MR) is 86.7 cm³/mol. The quantitative estimate of drug-likeness (QED) is 0.913. The monoisotopic (exact) mass is 281 g/mol. The Balaban J connectivity index is 1.63. The molecule has 2 nitrogen and oxygen atoms in total. The van der Waals surface area contributed by atoms with Crippen LogP contribution in [0.4, 0.5) is 0 Å². The van der Waals surface area contributed by atoms with Gasteiger partial charge in [0.1, 0.15) is 11.9 Å². The van der Waals surface area contributed by atoms with Crippen LogP contribution in [0.25, 0.3) is 10.8 Å². The molecule has 2 aromatic carbocycles. The SMILES string of the molecule is CNC1CC(Oc2cccc3ccccc23)C12CCCC2. The topological polar surface area (TPSA) is 21.3 Å². The number of nitrogens with one attached hydrogen (secondary N) is 1. The van der Waals surface area contributed by atoms with Gasteiger partial charge in [-0.3, -0.25) is 0 Å². The van der Waals surface area contributed by atoms with Crippen molar-refractivity contribution in [2.75, 3.05) is 7.05 Å². The lowest BCUT2D eigenvalue weighted by atomic mass is 9.60. The van der Waals surface area contributed by atoms with Crippen LogP contribution in [0.2, 0.25) is 0 Å². The van der Waals surface area contributed by atoms with Crippen molar-refractivity contribution in [3.63, 3.8) is 0 Å². The third-order valence-corrected chi connectivity index (χ3v) is 5.69. The zero-order valence-corrected chi connectivity index (χ0v) is 12.6. The lowest BCUT2D eigenvalue weighted by Gasteiger charge is -2.53. The maximum atomic E-state index is 6.49. The highest BCUT2D eigenvalue weighted by Crippen LogP contribution is 2.54. The van der Waals surface area contributed by atoms with E-state index < -0.39 is 0 Å². The van der Waals surface area contributed by atoms with E-state index in [1.165, 1.54) is 36.5 Å². The zero-order valence-electron chi connectivity index (χ0n) is 12.6. The van der Waals surface area contributed by atoms with E-state index in [9.17, 15) is 0 Å². The minimum atomic E-state index is 0.378. The molecule has 2 aliphatic carbocycles. The van der Waals surface area contributed by atoms with Crippen LogP contribution >= 0.6 is 0 Å². The summed E-state index contributed by atoms with van der Waals surface area (Å²) in [5, 5.41) is 6.01. The molecule has 0 heterocycles. The summed E-state index contributed by atoms with van der Waals surface area (Å²) in [5.74, 6) is 1.05. The van der Waals surface area contributed by atoms with Crippen LogP contribution in [-0.2, 0) is 0 Å². The standard InChI is InChI=1S/C19H23NO/c1-20-17-13-18(19(17)11-4-5-12-19)21-16-10-6-8-14-7-2-3-9-15(14)16/h2-3,6-10,17-18,20H,4-5,11-13H2,1H3. The van der Waals surface area contributed by atoms with Gasteiger partial charge in [0, 0.05) is 23.3 Å². The first kappa shape index (κ1) is 13.1. The van der Waals surface area contributed by atoms with Crippen molar-refractivity contribution < 1.29 is 4.74 Å². The summed E-state index contributed by atoms with van der Waals surface area (Å²) >= 11 is 0. The van der Waals surface area contributed by atoms with Gasteiger partial charge in [0.2, 0.25) is 0 Å². The third-order valence-electron chi connectivity index (χ3n) is 5.69. The first-order valence-electron chi connectivity index (χ1n) is 8.15. The summed E-state index contributed by atoms with van der Waals surface area (Å²) in [6.45, 7) is 0. The highest BCUT2D eigenvalue weighted by Gasteiger charge is 2.57. The fourth-order valence-corrected chi connectivity index (χ4v) is 4.47. The number of benzene rings is 2. The highest BCUT2D eigenvalue weighted by molar-refractivity contribution is 5.88. The van der Waals surface area contributed by atoms with Crippen LogP contribution in [0, 0.1) is 5.41 Å². The summed E-state index contributed by atoms with van der Waals surface area (Å²) in [6, 6.07) is 15.5. The summed E-state index contributed by atoms with van der Waals surface area (Å²) in [6.07, 6.45) is 6.85. The molecule has 110 valence electrons. The Morgan fingerprint density at radius 3 is 2.62 bits per heavy atom. The van der Waals surface area contributed by atoms with Crippen molar-refractivity contribution in [1.29, 1.82) is 0 Å². The van der Waals surface area contributed by atoms with Gasteiger partial charge in [-0.2, -0.15) is 0 Å². The van der Waals surface area contributed by atoms with Crippen LogP contribution in [0.3, 0.4) is 0 Å². The molecule has 2 fully saturated rings. The molecule has 0 aromatic heterocycles. The van der Waals surface area contributed by atoms with Gasteiger partial charge in [0.15, 0.2) is 0 Å². The fourth-order valence-electron chi connectivity index (χ4n) is 4.47. The molecule has 1 spiro atoms. The van der Waals surface area contributed by atoms with E-state index in [1.807, 2.05) is 0 Å². The van der Waals surface area contributed by atoms with Crippen molar-refractivity contribution in [2.24, 2.45) is 5.41 Å². The van der Waals surface area contributed by atoms with Crippen LogP contribution in [0.1, 0.15) is 32.1 Å². The van der Waals surface area contributed by atoms with E-state index in [0.717, 1.165) is 12.2 Å². The van der Waals surface area contributed by atoms with Crippen molar-refractivity contribution in [1.82, 2.24) is 5.32 Å². The van der Waals surface area contributed by atoms with Gasteiger partial charge >= 0.3 is 0 Å². The molecule has 0 saturated heterocycles. The Hall–Kier alpha value is -1.54. The van der Waals surface area contributed by atoms with Crippen molar-refractivity contribution in [2.45, 2.75) is 44.2 Å². The average Bonchev–Trinajstić information content (AvgIpc) is 3.04. The molecule has 2 unspecified atom stereocenters. The second kappa shape index (κ2) is 5.03. The lowest BCUT2D eigenvalue weighted by Crippen LogP contribution is -2.63. The molecule has 2 heteroatoms. The van der Waals surface area contributed by atoms with Gasteiger partial charge in [-0.1, -0.05) is 49.2 Å². The van der Waals surface area contributed by atoms with Crippen LogP contribution in [0.15, 0.2) is 42.5 Å². The van der Waals surface area contributed by atoms with Crippen molar-refractivity contribution >= 4 is 10.8 Å². The molecule has 1 N–H and O–H groups in total. The number of hydrogen-bond acceptors (Lipinski definition) is 2. The number of ether oxygens (including phenoxy) is 1. The Morgan fingerprint density at radius 2 is 1.81 bits per heavy atom. The van der Waals surface area contributed by atoms with Gasteiger partial charge in [-0.15, -0.1) is 0 Å². The minimum absolute atomic E-state index is 0.378. The Kier molecular flexibility index (Phi) is 3.15. The first-order valence-corrected chi connectivity index (χ1v) is 8.15. The molecular formula is C19H23NO. The molecule has 0 bridgehead atoms. The van der Waals surface area contributed by atoms with E-state index in [2.05, 4.69) is 54.8 Å². The molecule has 2 aromatic rings. The zero-order chi connectivity index (χ0) is 14.3. The van der Waals surface area contributed by atoms with E-state index in [0.29, 0.717) is 17.6 Å². The van der Waals surface area contributed by atoms with E-state index in [1.54, 1.807) is 0 Å². The van der Waals surface area contributed by atoms with E-state index >= 15 is 0 Å². The largest absolute Gasteiger partial charge is 0.489 e. The molecule has 2 saturated carbocycles. The number of hydrogen-bond donors (Lipinski definition) is 1. The molecule has 0 aliphatic heterocycles. The van der Waals surface area contributed by atoms with Gasteiger partial charge in [-0.05, 0) is 31.3 Å². The Morgan fingerprint density at radius 1 is 1.05 bits per heavy atom. The van der Waals surface area contributed by atoms with Crippen LogP contribution in [-0.4, -0.2) is 19.2 Å². The molecule has 2 atom stereocenters. The molecule has 0 amide bonds. The lowest BCUT2D eigenvalue weighted by molar-refractivity contribution is -0.0729. The number of rotatable bonds is 3. The Labute approximate surface area is 126 Å². The minimum Gasteiger partial charge on any atom is -0.489 e. The predicted octanol–water partition coefficient (Wildman–Crippen LogP) is 4.14. The Bertz CT molecular complexity index is 640. The highest BCUT2D eigenvalue weighted by atomic mass is 16.5. The fraction of sp³-hybridized carbons (Fsp3) is 0.474. The normalized spacial score (nSPS) is 26.9. The van der Waals surface area contributed by atoms with Crippen LogP contribution < -0.4 is 10.1 Å². The maximum Gasteiger partial charge on any atom is 0.127 e. The van der Waals surface area contributed by atoms with Gasteiger partial charge in [0.05, 0.1) is 0 Å². The van der Waals surface area contributed by atoms with Gasteiger partial charge in [-0.25, -0.2) is 0 Å². The average molecular weight is 281 g/mol. The van der Waals surface area contributed by atoms with Crippen molar-refractivity contribution in [3.8, 4) is 5.75 Å². The summed E-state index contributed by atoms with van der Waals surface area (Å²) in [7, 11) is 2.10. The molecule has 4 rings (SSSR count). The third kappa shape index (κ3) is 1.96. The van der Waals surface area contributed by atoms with Gasteiger partial charge in [0.25, 0.3) is 0 Å². The smallest absolute Gasteiger partial charge is 0.127 e. The second-order valence-corrected chi connectivity index (χ2v) is 6.60. The van der Waals surface area contributed by atoms with Crippen molar-refractivity contribution in [3.05, 3.63) is 42.5 Å². The maximum absolute atomic E-state index is 6.49.